The fraction of sp³-hybridized carbons (Fsp3) is 0.417. The molecule has 0 saturated carbocycles. The van der Waals surface area contributed by atoms with E-state index in [1.165, 1.54) is 11.3 Å². The van der Waals surface area contributed by atoms with Gasteiger partial charge in [0, 0.05) is 23.4 Å². The molecule has 16 heavy (non-hydrogen) atoms. The summed E-state index contributed by atoms with van der Waals surface area (Å²) in [5.41, 5.74) is 0. The van der Waals surface area contributed by atoms with Crippen molar-refractivity contribution in [2.75, 3.05) is 6.61 Å². The Bertz CT molecular complexity index is 411. The van der Waals surface area contributed by atoms with Gasteiger partial charge in [-0.3, -0.25) is 4.79 Å². The molecule has 1 aliphatic rings. The fourth-order valence-electron chi connectivity index (χ4n) is 1.81. The van der Waals surface area contributed by atoms with Crippen molar-refractivity contribution in [3.63, 3.8) is 0 Å². The molecule has 0 aliphatic heterocycles. The molecular formula is C12H15NO2S. The number of thiophene rings is 1. The van der Waals surface area contributed by atoms with E-state index in [0.717, 1.165) is 16.2 Å². The van der Waals surface area contributed by atoms with Gasteiger partial charge < -0.3 is 10.4 Å². The number of carbonyl (C=O) groups is 1. The van der Waals surface area contributed by atoms with E-state index in [4.69, 9.17) is 5.11 Å². The molecule has 1 aliphatic carbocycles. The first-order valence-corrected chi connectivity index (χ1v) is 6.17. The van der Waals surface area contributed by atoms with Crippen LogP contribution < -0.4 is 5.32 Å². The van der Waals surface area contributed by atoms with Crippen molar-refractivity contribution in [1.82, 2.24) is 5.32 Å². The zero-order valence-electron chi connectivity index (χ0n) is 9.14. The summed E-state index contributed by atoms with van der Waals surface area (Å²) in [6.07, 6.45) is 4.72. The van der Waals surface area contributed by atoms with Crippen molar-refractivity contribution in [3.05, 3.63) is 34.0 Å². The Hall–Kier alpha value is -1.13. The topological polar surface area (TPSA) is 49.3 Å². The standard InChI is InChI=1S/C12H15NO2S/c1-8-2-5-11(16-8)12(15)13-10-4-3-9(6-10)7-14/h2-5,9-10,14H,6-7H2,1H3,(H,13,15)/t9-,10+/m0/s1. The quantitative estimate of drug-likeness (QED) is 0.786. The van der Waals surface area contributed by atoms with Gasteiger partial charge in [-0.1, -0.05) is 12.2 Å². The summed E-state index contributed by atoms with van der Waals surface area (Å²) in [5.74, 6) is 0.168. The van der Waals surface area contributed by atoms with Crippen LogP contribution in [0.25, 0.3) is 0 Å². The molecule has 0 aromatic carbocycles. The zero-order chi connectivity index (χ0) is 11.5. The number of aryl methyl sites for hydroxylation is 1. The normalized spacial score (nSPS) is 23.6. The minimum absolute atomic E-state index is 0.0219. The number of nitrogens with one attached hydrogen (secondary N) is 1. The Labute approximate surface area is 98.8 Å². The second-order valence-corrected chi connectivity index (χ2v) is 5.34. The van der Waals surface area contributed by atoms with Crippen molar-refractivity contribution < 1.29 is 9.90 Å². The largest absolute Gasteiger partial charge is 0.396 e. The van der Waals surface area contributed by atoms with Gasteiger partial charge in [-0.2, -0.15) is 0 Å². The maximum absolute atomic E-state index is 11.8. The zero-order valence-corrected chi connectivity index (χ0v) is 9.96. The summed E-state index contributed by atoms with van der Waals surface area (Å²) in [5, 5.41) is 11.9. The Balaban J connectivity index is 1.92. The number of hydrogen-bond donors (Lipinski definition) is 2. The molecule has 1 heterocycles. The van der Waals surface area contributed by atoms with Crippen molar-refractivity contribution in [2.45, 2.75) is 19.4 Å². The SMILES string of the molecule is Cc1ccc(C(=O)N[C@@H]2C=C[C@H](CO)C2)s1. The minimum atomic E-state index is -0.0219. The van der Waals surface area contributed by atoms with Gasteiger partial charge in [0.25, 0.3) is 5.91 Å². The third-order valence-corrected chi connectivity index (χ3v) is 3.69. The molecule has 2 rings (SSSR count). The third kappa shape index (κ3) is 2.51. The number of rotatable bonds is 3. The minimum Gasteiger partial charge on any atom is -0.396 e. The predicted octanol–water partition coefficient (Wildman–Crippen LogP) is 1.72. The van der Waals surface area contributed by atoms with Gasteiger partial charge in [-0.05, 0) is 25.5 Å². The first kappa shape index (κ1) is 11.4. The molecule has 1 amide bonds. The van der Waals surface area contributed by atoms with Crippen LogP contribution in [0.5, 0.6) is 0 Å². The molecule has 0 radical (unpaired) electrons. The molecule has 1 aromatic heterocycles. The number of carbonyl (C=O) groups excluding carboxylic acids is 1. The highest BCUT2D eigenvalue weighted by molar-refractivity contribution is 7.13. The van der Waals surface area contributed by atoms with Gasteiger partial charge in [0.1, 0.15) is 0 Å². The predicted molar refractivity (Wildman–Crippen MR) is 64.6 cm³/mol. The third-order valence-electron chi connectivity index (χ3n) is 2.69. The first-order chi connectivity index (χ1) is 7.69. The molecule has 0 bridgehead atoms. The number of hydrogen-bond acceptors (Lipinski definition) is 3. The van der Waals surface area contributed by atoms with Crippen LogP contribution >= 0.6 is 11.3 Å². The fourth-order valence-corrected chi connectivity index (χ4v) is 2.58. The second kappa shape index (κ2) is 4.80. The van der Waals surface area contributed by atoms with Crippen LogP contribution in [-0.2, 0) is 0 Å². The molecule has 0 fully saturated rings. The Kier molecular flexibility index (Phi) is 3.41. The van der Waals surface area contributed by atoms with Gasteiger partial charge in [-0.15, -0.1) is 11.3 Å². The Morgan fingerprint density at radius 2 is 2.38 bits per heavy atom. The highest BCUT2D eigenvalue weighted by atomic mass is 32.1. The summed E-state index contributed by atoms with van der Waals surface area (Å²) >= 11 is 1.50. The van der Waals surface area contributed by atoms with Crippen molar-refractivity contribution in [3.8, 4) is 0 Å². The van der Waals surface area contributed by atoms with Gasteiger partial charge in [0.05, 0.1) is 4.88 Å². The van der Waals surface area contributed by atoms with Crippen LogP contribution in [0, 0.1) is 12.8 Å². The number of aliphatic hydroxyl groups excluding tert-OH is 1. The molecule has 3 nitrogen and oxygen atoms in total. The van der Waals surface area contributed by atoms with E-state index in [1.807, 2.05) is 31.2 Å². The average Bonchev–Trinajstić information content (AvgIpc) is 2.87. The van der Waals surface area contributed by atoms with Gasteiger partial charge in [0.15, 0.2) is 0 Å². The summed E-state index contributed by atoms with van der Waals surface area (Å²) in [7, 11) is 0. The number of aliphatic hydroxyl groups is 1. The van der Waals surface area contributed by atoms with Crippen molar-refractivity contribution >= 4 is 17.2 Å². The van der Waals surface area contributed by atoms with Crippen LogP contribution in [0.4, 0.5) is 0 Å². The van der Waals surface area contributed by atoms with E-state index in [9.17, 15) is 4.79 Å². The van der Waals surface area contributed by atoms with Crippen LogP contribution in [-0.4, -0.2) is 23.7 Å². The summed E-state index contributed by atoms with van der Waals surface area (Å²) in [6.45, 7) is 2.14. The average molecular weight is 237 g/mol. The Morgan fingerprint density at radius 3 is 2.94 bits per heavy atom. The monoisotopic (exact) mass is 237 g/mol. The lowest BCUT2D eigenvalue weighted by atomic mass is 10.1. The molecule has 2 atom stereocenters. The molecule has 1 aromatic rings. The van der Waals surface area contributed by atoms with Crippen molar-refractivity contribution in [2.24, 2.45) is 5.92 Å². The van der Waals surface area contributed by atoms with Crippen molar-refractivity contribution in [1.29, 1.82) is 0 Å². The van der Waals surface area contributed by atoms with E-state index in [-0.39, 0.29) is 24.5 Å². The number of amides is 1. The molecular weight excluding hydrogens is 222 g/mol. The highest BCUT2D eigenvalue weighted by Crippen LogP contribution is 2.19. The molecule has 4 heteroatoms. The molecule has 0 saturated heterocycles. The van der Waals surface area contributed by atoms with Crippen LogP contribution in [0.1, 0.15) is 21.0 Å². The summed E-state index contributed by atoms with van der Waals surface area (Å²) in [4.78, 5) is 13.7. The molecule has 2 N–H and O–H groups in total. The lowest BCUT2D eigenvalue weighted by Crippen LogP contribution is -2.32. The van der Waals surface area contributed by atoms with Gasteiger partial charge in [-0.25, -0.2) is 0 Å². The van der Waals surface area contributed by atoms with E-state index < -0.39 is 0 Å². The lowest BCUT2D eigenvalue weighted by Gasteiger charge is -2.11. The van der Waals surface area contributed by atoms with Crippen LogP contribution in [0.3, 0.4) is 0 Å². The smallest absolute Gasteiger partial charge is 0.261 e. The van der Waals surface area contributed by atoms with Crippen LogP contribution in [0.15, 0.2) is 24.3 Å². The summed E-state index contributed by atoms with van der Waals surface area (Å²) in [6, 6.07) is 3.85. The van der Waals surface area contributed by atoms with E-state index in [0.29, 0.717) is 0 Å². The first-order valence-electron chi connectivity index (χ1n) is 5.35. The van der Waals surface area contributed by atoms with Crippen LogP contribution in [0.2, 0.25) is 0 Å². The summed E-state index contributed by atoms with van der Waals surface area (Å²) < 4.78 is 0. The van der Waals surface area contributed by atoms with Gasteiger partial charge in [0.2, 0.25) is 0 Å². The van der Waals surface area contributed by atoms with E-state index in [1.54, 1.807) is 0 Å². The molecule has 0 unspecified atom stereocenters. The highest BCUT2D eigenvalue weighted by Gasteiger charge is 2.20. The maximum atomic E-state index is 11.8. The molecule has 86 valence electrons. The molecule has 0 spiro atoms. The van der Waals surface area contributed by atoms with E-state index in [2.05, 4.69) is 5.32 Å². The lowest BCUT2D eigenvalue weighted by molar-refractivity contribution is 0.0945. The van der Waals surface area contributed by atoms with Gasteiger partial charge >= 0.3 is 0 Å². The van der Waals surface area contributed by atoms with E-state index >= 15 is 0 Å². The maximum Gasteiger partial charge on any atom is 0.261 e. The second-order valence-electron chi connectivity index (χ2n) is 4.05. The Morgan fingerprint density at radius 1 is 1.56 bits per heavy atom.